The molecular formula is C21H19ClF3N5O2. The summed E-state index contributed by atoms with van der Waals surface area (Å²) in [6.07, 6.45) is -0.0404. The molecular weight excluding hydrogens is 447 g/mol. The summed E-state index contributed by atoms with van der Waals surface area (Å²) in [6, 6.07) is 7.47. The first-order chi connectivity index (χ1) is 15.2. The summed E-state index contributed by atoms with van der Waals surface area (Å²) in [7, 11) is 0. The maximum absolute atomic E-state index is 13.0. The quantitative estimate of drug-likeness (QED) is 0.627. The molecule has 0 saturated carbocycles. The zero-order chi connectivity index (χ0) is 22.9. The molecule has 0 saturated heterocycles. The zero-order valence-corrected chi connectivity index (χ0v) is 17.6. The summed E-state index contributed by atoms with van der Waals surface area (Å²) < 4.78 is 41.7. The summed E-state index contributed by atoms with van der Waals surface area (Å²) in [6.45, 7) is 0.195. The first kappa shape index (κ1) is 22.1. The van der Waals surface area contributed by atoms with E-state index >= 15 is 0 Å². The number of carbonyl (C=O) groups is 1. The minimum absolute atomic E-state index is 0.421. The normalized spacial score (nSPS) is 14.0. The molecule has 2 aromatic heterocycles. The van der Waals surface area contributed by atoms with E-state index in [9.17, 15) is 22.8 Å². The summed E-state index contributed by atoms with van der Waals surface area (Å²) in [4.78, 5) is 24.5. The second-order valence-corrected chi connectivity index (χ2v) is 7.95. The number of alkyl halides is 3. The van der Waals surface area contributed by atoms with Crippen molar-refractivity contribution in [3.63, 3.8) is 0 Å². The first-order valence-corrected chi connectivity index (χ1v) is 10.4. The van der Waals surface area contributed by atoms with Gasteiger partial charge in [0.2, 0.25) is 5.91 Å². The van der Waals surface area contributed by atoms with Gasteiger partial charge in [0.05, 0.1) is 5.56 Å². The highest BCUT2D eigenvalue weighted by molar-refractivity contribution is 6.30. The number of amides is 1. The Labute approximate surface area is 185 Å². The number of aromatic nitrogens is 4. The molecule has 0 fully saturated rings. The highest BCUT2D eigenvalue weighted by Gasteiger charge is 2.32. The molecule has 3 heterocycles. The van der Waals surface area contributed by atoms with Crippen molar-refractivity contribution in [1.29, 1.82) is 0 Å². The molecule has 11 heteroatoms. The van der Waals surface area contributed by atoms with Crippen LogP contribution >= 0.6 is 11.6 Å². The number of rotatable bonds is 4. The largest absolute Gasteiger partial charge is 0.417 e. The Kier molecular flexibility index (Phi) is 6.05. The topological polar surface area (TPSA) is 81.8 Å². The molecule has 1 aliphatic rings. The summed E-state index contributed by atoms with van der Waals surface area (Å²) >= 11 is 5.64. The predicted octanol–water partition coefficient (Wildman–Crippen LogP) is 4.14. The number of anilines is 1. The molecule has 0 atom stereocenters. The van der Waals surface area contributed by atoms with E-state index in [4.69, 9.17) is 11.6 Å². The average Bonchev–Trinajstić information content (AvgIpc) is 2.99. The number of carbonyl (C=O) groups excluding carboxylic acids is 1. The molecule has 168 valence electrons. The molecule has 1 aromatic carbocycles. The van der Waals surface area contributed by atoms with Crippen LogP contribution in [0.4, 0.5) is 18.9 Å². The molecule has 1 aliphatic heterocycles. The van der Waals surface area contributed by atoms with Crippen molar-refractivity contribution < 1.29 is 18.0 Å². The molecule has 0 spiro atoms. The van der Waals surface area contributed by atoms with Crippen LogP contribution in [0.25, 0.3) is 11.4 Å². The third-order valence-corrected chi connectivity index (χ3v) is 5.47. The highest BCUT2D eigenvalue weighted by atomic mass is 35.5. The van der Waals surface area contributed by atoms with Crippen molar-refractivity contribution in [1.82, 2.24) is 19.3 Å². The molecule has 4 rings (SSSR count). The van der Waals surface area contributed by atoms with Crippen LogP contribution in [0.15, 0.2) is 41.3 Å². The number of halogens is 4. The Morgan fingerprint density at radius 1 is 1.16 bits per heavy atom. The second-order valence-electron chi connectivity index (χ2n) is 7.54. The van der Waals surface area contributed by atoms with E-state index in [1.807, 2.05) is 6.07 Å². The van der Waals surface area contributed by atoms with Crippen molar-refractivity contribution in [3.05, 3.63) is 63.3 Å². The number of pyridine rings is 1. The summed E-state index contributed by atoms with van der Waals surface area (Å²) in [5.41, 5.74) is -0.813. The van der Waals surface area contributed by atoms with Crippen LogP contribution in [0.1, 0.15) is 30.7 Å². The Morgan fingerprint density at radius 2 is 1.97 bits per heavy atom. The van der Waals surface area contributed by atoms with Crippen molar-refractivity contribution >= 4 is 23.2 Å². The van der Waals surface area contributed by atoms with E-state index in [2.05, 4.69) is 20.1 Å². The number of hydrogen-bond donors (Lipinski definition) is 1. The van der Waals surface area contributed by atoms with Gasteiger partial charge in [-0.3, -0.25) is 9.59 Å². The SMILES string of the molecule is O=C(Cn1cc(C(F)(F)F)cc(Cl)c1=O)Nc1cccc(-c2nnc3n2CCCCC3)c1. The lowest BCUT2D eigenvalue weighted by Crippen LogP contribution is -2.29. The third kappa shape index (κ3) is 4.69. The smallest absolute Gasteiger partial charge is 0.325 e. The Bertz CT molecular complexity index is 1220. The predicted molar refractivity (Wildman–Crippen MR) is 112 cm³/mol. The fourth-order valence-corrected chi connectivity index (χ4v) is 3.89. The highest BCUT2D eigenvalue weighted by Crippen LogP contribution is 2.29. The number of nitrogens with one attached hydrogen (secondary N) is 1. The number of fused-ring (bicyclic) bond motifs is 1. The fourth-order valence-electron chi connectivity index (χ4n) is 3.66. The van der Waals surface area contributed by atoms with Crippen LogP contribution in [0.5, 0.6) is 0 Å². The van der Waals surface area contributed by atoms with Crippen molar-refractivity contribution in [2.45, 2.75) is 44.9 Å². The fraction of sp³-hybridized carbons (Fsp3) is 0.333. The number of aryl methyl sites for hydroxylation is 1. The van der Waals surface area contributed by atoms with Gasteiger partial charge in [0.15, 0.2) is 5.82 Å². The first-order valence-electron chi connectivity index (χ1n) is 10.0. The van der Waals surface area contributed by atoms with Gasteiger partial charge >= 0.3 is 6.18 Å². The van der Waals surface area contributed by atoms with Crippen molar-refractivity contribution in [2.24, 2.45) is 0 Å². The van der Waals surface area contributed by atoms with Gasteiger partial charge in [0.25, 0.3) is 5.56 Å². The maximum Gasteiger partial charge on any atom is 0.417 e. The van der Waals surface area contributed by atoms with E-state index in [1.165, 1.54) is 0 Å². The van der Waals surface area contributed by atoms with Crippen LogP contribution in [-0.2, 0) is 30.5 Å². The van der Waals surface area contributed by atoms with Crippen LogP contribution in [-0.4, -0.2) is 25.2 Å². The van der Waals surface area contributed by atoms with Gasteiger partial charge in [0, 0.05) is 30.4 Å². The molecule has 1 amide bonds. The molecule has 1 N–H and O–H groups in total. The van der Waals surface area contributed by atoms with Gasteiger partial charge in [-0.25, -0.2) is 0 Å². The van der Waals surface area contributed by atoms with E-state index in [1.54, 1.807) is 18.2 Å². The average molecular weight is 466 g/mol. The van der Waals surface area contributed by atoms with Gasteiger partial charge < -0.3 is 14.5 Å². The van der Waals surface area contributed by atoms with Gasteiger partial charge in [0.1, 0.15) is 17.4 Å². The standard InChI is InChI=1S/C21H19ClF3N5O2/c22-16-10-14(21(23,24)25)11-29(20(16)32)12-18(31)26-15-6-4-5-13(9-15)19-28-27-17-7-2-1-3-8-30(17)19/h4-6,9-11H,1-3,7-8,12H2,(H,26,31). The molecule has 3 aromatic rings. The molecule has 7 nitrogen and oxygen atoms in total. The minimum atomic E-state index is -4.69. The monoisotopic (exact) mass is 465 g/mol. The van der Waals surface area contributed by atoms with Crippen molar-refractivity contribution in [2.75, 3.05) is 5.32 Å². The number of nitrogens with zero attached hydrogens (tertiary/aromatic N) is 4. The van der Waals surface area contributed by atoms with Crippen molar-refractivity contribution in [3.8, 4) is 11.4 Å². The molecule has 0 radical (unpaired) electrons. The number of hydrogen-bond acceptors (Lipinski definition) is 4. The van der Waals surface area contributed by atoms with E-state index in [0.717, 1.165) is 43.6 Å². The second kappa shape index (κ2) is 8.78. The Hall–Kier alpha value is -3.14. The lowest BCUT2D eigenvalue weighted by molar-refractivity contribution is -0.138. The minimum Gasteiger partial charge on any atom is -0.325 e. The van der Waals surface area contributed by atoms with Crippen LogP contribution in [0.3, 0.4) is 0 Å². The van der Waals surface area contributed by atoms with Gasteiger partial charge in [-0.1, -0.05) is 30.2 Å². The van der Waals surface area contributed by atoms with E-state index in [0.29, 0.717) is 28.3 Å². The lowest BCUT2D eigenvalue weighted by atomic mass is 10.2. The van der Waals surface area contributed by atoms with E-state index < -0.39 is 34.8 Å². The lowest BCUT2D eigenvalue weighted by Gasteiger charge is -2.12. The maximum atomic E-state index is 13.0. The van der Waals surface area contributed by atoms with Crippen LogP contribution in [0.2, 0.25) is 5.02 Å². The zero-order valence-electron chi connectivity index (χ0n) is 16.8. The molecule has 0 aliphatic carbocycles. The van der Waals surface area contributed by atoms with Gasteiger partial charge in [-0.05, 0) is 31.0 Å². The molecule has 0 unspecified atom stereocenters. The molecule has 0 bridgehead atoms. The van der Waals surface area contributed by atoms with E-state index in [-0.39, 0.29) is 0 Å². The number of benzene rings is 1. The third-order valence-electron chi connectivity index (χ3n) is 5.20. The van der Waals surface area contributed by atoms with Crippen LogP contribution < -0.4 is 10.9 Å². The van der Waals surface area contributed by atoms with Crippen LogP contribution in [0, 0.1) is 0 Å². The van der Waals surface area contributed by atoms with Gasteiger partial charge in [-0.2, -0.15) is 13.2 Å². The Morgan fingerprint density at radius 3 is 2.75 bits per heavy atom. The Balaban J connectivity index is 1.54. The summed E-state index contributed by atoms with van der Waals surface area (Å²) in [5.74, 6) is 0.950. The van der Waals surface area contributed by atoms with Gasteiger partial charge in [-0.15, -0.1) is 10.2 Å². The summed E-state index contributed by atoms with van der Waals surface area (Å²) in [5, 5.41) is 10.6. The molecule has 32 heavy (non-hydrogen) atoms.